The first-order chi connectivity index (χ1) is 9.79. The van der Waals surface area contributed by atoms with Crippen LogP contribution in [0.4, 0.5) is 10.5 Å². The smallest absolute Gasteiger partial charge is 0.314 e. The lowest BCUT2D eigenvalue weighted by Crippen LogP contribution is -2.42. The van der Waals surface area contributed by atoms with Gasteiger partial charge in [-0.3, -0.25) is 0 Å². The molecule has 2 rings (SSSR count). The number of nitrogens with one attached hydrogen (secondary N) is 3. The molecular formula is C16H25N3O. The quantitative estimate of drug-likeness (QED) is 0.724. The second-order valence-corrected chi connectivity index (χ2v) is 5.38. The topological polar surface area (TPSA) is 53.2 Å². The number of carbonyl (C=O) groups excluding carboxylic acids is 1. The predicted octanol–water partition coefficient (Wildman–Crippen LogP) is 2.90. The Labute approximate surface area is 121 Å². The summed E-state index contributed by atoms with van der Waals surface area (Å²) in [7, 11) is 0. The highest BCUT2D eigenvalue weighted by molar-refractivity contribution is 5.73. The first-order valence-corrected chi connectivity index (χ1v) is 7.65. The summed E-state index contributed by atoms with van der Waals surface area (Å²) in [5.74, 6) is 0. The Balaban J connectivity index is 1.78. The standard InChI is InChI=1S/C16H25N3O/c1-2-3-11-17-16(20)18-12-14-9-6-8-13-7-4-5-10-15(13)19-14/h4-5,7,10,14,19H,2-3,6,8-9,11-12H2,1H3,(H2,17,18,20). The van der Waals surface area contributed by atoms with Crippen LogP contribution in [-0.4, -0.2) is 25.2 Å². The zero-order chi connectivity index (χ0) is 14.2. The molecule has 3 N–H and O–H groups in total. The van der Waals surface area contributed by atoms with Gasteiger partial charge in [0.2, 0.25) is 0 Å². The van der Waals surface area contributed by atoms with E-state index in [2.05, 4.69) is 47.1 Å². The molecule has 4 heteroatoms. The van der Waals surface area contributed by atoms with Crippen LogP contribution in [0.2, 0.25) is 0 Å². The summed E-state index contributed by atoms with van der Waals surface area (Å²) in [6.07, 6.45) is 5.49. The normalized spacial score (nSPS) is 17.6. The van der Waals surface area contributed by atoms with E-state index < -0.39 is 0 Å². The van der Waals surface area contributed by atoms with E-state index in [1.165, 1.54) is 11.3 Å². The third kappa shape index (κ3) is 4.44. The molecule has 1 aromatic rings. The van der Waals surface area contributed by atoms with Crippen LogP contribution in [0.25, 0.3) is 0 Å². The van der Waals surface area contributed by atoms with Gasteiger partial charge in [-0.05, 0) is 37.3 Å². The lowest BCUT2D eigenvalue weighted by Gasteiger charge is -2.19. The van der Waals surface area contributed by atoms with Gasteiger partial charge in [-0.25, -0.2) is 4.79 Å². The first kappa shape index (κ1) is 14.7. The summed E-state index contributed by atoms with van der Waals surface area (Å²) in [5.41, 5.74) is 2.59. The fraction of sp³-hybridized carbons (Fsp3) is 0.562. The van der Waals surface area contributed by atoms with E-state index in [-0.39, 0.29) is 6.03 Å². The van der Waals surface area contributed by atoms with E-state index >= 15 is 0 Å². The van der Waals surface area contributed by atoms with E-state index in [0.717, 1.165) is 38.6 Å². The summed E-state index contributed by atoms with van der Waals surface area (Å²) in [5, 5.41) is 9.38. The zero-order valence-corrected chi connectivity index (χ0v) is 12.2. The first-order valence-electron chi connectivity index (χ1n) is 7.65. The number of carbonyl (C=O) groups is 1. The molecule has 2 amide bonds. The third-order valence-electron chi connectivity index (χ3n) is 3.70. The molecule has 0 spiro atoms. The number of aryl methyl sites for hydroxylation is 1. The highest BCUT2D eigenvalue weighted by Crippen LogP contribution is 2.23. The van der Waals surface area contributed by atoms with E-state index in [4.69, 9.17) is 0 Å². The molecule has 1 aliphatic heterocycles. The lowest BCUT2D eigenvalue weighted by molar-refractivity contribution is 0.240. The van der Waals surface area contributed by atoms with Crippen LogP contribution in [0.1, 0.15) is 38.2 Å². The molecule has 110 valence electrons. The van der Waals surface area contributed by atoms with Gasteiger partial charge in [0.05, 0.1) is 0 Å². The minimum absolute atomic E-state index is 0.0576. The van der Waals surface area contributed by atoms with Gasteiger partial charge in [-0.15, -0.1) is 0 Å². The number of unbranched alkanes of at least 4 members (excludes halogenated alkanes) is 1. The molecule has 0 radical (unpaired) electrons. The summed E-state index contributed by atoms with van der Waals surface area (Å²) in [6, 6.07) is 8.69. The van der Waals surface area contributed by atoms with Gasteiger partial charge in [0.1, 0.15) is 0 Å². The van der Waals surface area contributed by atoms with Gasteiger partial charge in [-0.1, -0.05) is 31.5 Å². The SMILES string of the molecule is CCCCNC(=O)NCC1CCCc2ccccc2N1. The van der Waals surface area contributed by atoms with Crippen molar-refractivity contribution in [3.63, 3.8) is 0 Å². The van der Waals surface area contributed by atoms with Gasteiger partial charge >= 0.3 is 6.03 Å². The number of benzene rings is 1. The van der Waals surface area contributed by atoms with Crippen molar-refractivity contribution in [2.75, 3.05) is 18.4 Å². The molecular weight excluding hydrogens is 250 g/mol. The Bertz CT molecular complexity index is 433. The average Bonchev–Trinajstić information content (AvgIpc) is 2.67. The lowest BCUT2D eigenvalue weighted by atomic mass is 10.1. The zero-order valence-electron chi connectivity index (χ0n) is 12.2. The Kier molecular flexibility index (Phi) is 5.71. The Morgan fingerprint density at radius 2 is 2.20 bits per heavy atom. The van der Waals surface area contributed by atoms with Crippen molar-refractivity contribution >= 4 is 11.7 Å². The largest absolute Gasteiger partial charge is 0.380 e. The van der Waals surface area contributed by atoms with E-state index in [1.54, 1.807) is 0 Å². The highest BCUT2D eigenvalue weighted by atomic mass is 16.2. The molecule has 1 unspecified atom stereocenters. The maximum absolute atomic E-state index is 11.6. The number of anilines is 1. The Morgan fingerprint density at radius 3 is 3.05 bits per heavy atom. The molecule has 4 nitrogen and oxygen atoms in total. The molecule has 1 heterocycles. The van der Waals surface area contributed by atoms with E-state index in [0.29, 0.717) is 12.6 Å². The van der Waals surface area contributed by atoms with Crippen LogP contribution >= 0.6 is 0 Å². The predicted molar refractivity (Wildman–Crippen MR) is 83.1 cm³/mol. The van der Waals surface area contributed by atoms with Crippen LogP contribution < -0.4 is 16.0 Å². The fourth-order valence-corrected chi connectivity index (χ4v) is 2.52. The third-order valence-corrected chi connectivity index (χ3v) is 3.70. The number of urea groups is 1. The van der Waals surface area contributed by atoms with Gasteiger partial charge in [-0.2, -0.15) is 0 Å². The van der Waals surface area contributed by atoms with Crippen LogP contribution in [-0.2, 0) is 6.42 Å². The molecule has 1 aliphatic rings. The van der Waals surface area contributed by atoms with Gasteiger partial charge in [0.25, 0.3) is 0 Å². The summed E-state index contributed by atoms with van der Waals surface area (Å²) in [6.45, 7) is 3.54. The molecule has 0 fully saturated rings. The monoisotopic (exact) mass is 275 g/mol. The molecule has 0 saturated carbocycles. The van der Waals surface area contributed by atoms with Crippen molar-refractivity contribution in [3.05, 3.63) is 29.8 Å². The van der Waals surface area contributed by atoms with Crippen LogP contribution in [0.3, 0.4) is 0 Å². The molecule has 0 bridgehead atoms. The molecule has 1 atom stereocenters. The van der Waals surface area contributed by atoms with Gasteiger partial charge in [0, 0.05) is 24.8 Å². The number of amides is 2. The minimum atomic E-state index is -0.0576. The van der Waals surface area contributed by atoms with Gasteiger partial charge < -0.3 is 16.0 Å². The van der Waals surface area contributed by atoms with Gasteiger partial charge in [0.15, 0.2) is 0 Å². The number of fused-ring (bicyclic) bond motifs is 1. The summed E-state index contributed by atoms with van der Waals surface area (Å²) >= 11 is 0. The van der Waals surface area contributed by atoms with E-state index in [1.807, 2.05) is 0 Å². The molecule has 1 aromatic carbocycles. The number of hydrogen-bond donors (Lipinski definition) is 3. The molecule has 20 heavy (non-hydrogen) atoms. The van der Waals surface area contributed by atoms with Crippen molar-refractivity contribution in [1.29, 1.82) is 0 Å². The maximum atomic E-state index is 11.6. The molecule has 0 saturated heterocycles. The van der Waals surface area contributed by atoms with Crippen LogP contribution in [0.15, 0.2) is 24.3 Å². The summed E-state index contributed by atoms with van der Waals surface area (Å²) < 4.78 is 0. The second-order valence-electron chi connectivity index (χ2n) is 5.38. The Hall–Kier alpha value is -1.71. The molecule has 0 aromatic heterocycles. The Morgan fingerprint density at radius 1 is 1.35 bits per heavy atom. The van der Waals surface area contributed by atoms with Crippen LogP contribution in [0, 0.1) is 0 Å². The van der Waals surface area contributed by atoms with Crippen molar-refractivity contribution in [3.8, 4) is 0 Å². The number of hydrogen-bond acceptors (Lipinski definition) is 2. The highest BCUT2D eigenvalue weighted by Gasteiger charge is 2.15. The van der Waals surface area contributed by atoms with E-state index in [9.17, 15) is 4.79 Å². The van der Waals surface area contributed by atoms with Crippen molar-refractivity contribution < 1.29 is 4.79 Å². The molecule has 0 aliphatic carbocycles. The number of rotatable bonds is 5. The average molecular weight is 275 g/mol. The van der Waals surface area contributed by atoms with Crippen molar-refractivity contribution in [2.24, 2.45) is 0 Å². The fourth-order valence-electron chi connectivity index (χ4n) is 2.52. The minimum Gasteiger partial charge on any atom is -0.380 e. The number of para-hydroxylation sites is 1. The van der Waals surface area contributed by atoms with Crippen molar-refractivity contribution in [1.82, 2.24) is 10.6 Å². The summed E-state index contributed by atoms with van der Waals surface area (Å²) in [4.78, 5) is 11.6. The van der Waals surface area contributed by atoms with Crippen LogP contribution in [0.5, 0.6) is 0 Å². The van der Waals surface area contributed by atoms with Crippen molar-refractivity contribution in [2.45, 2.75) is 45.1 Å². The second kappa shape index (κ2) is 7.78. The maximum Gasteiger partial charge on any atom is 0.314 e.